The van der Waals surface area contributed by atoms with Crippen molar-refractivity contribution in [2.24, 2.45) is 4.99 Å². The van der Waals surface area contributed by atoms with Crippen LogP contribution in [0.1, 0.15) is 24.2 Å². The smallest absolute Gasteiger partial charge is 0.191 e. The lowest BCUT2D eigenvalue weighted by molar-refractivity contribution is 0.0170. The third kappa shape index (κ3) is 6.90. The molecular formula is C23H33FN6O. The summed E-state index contributed by atoms with van der Waals surface area (Å²) in [4.78, 5) is 13.7. The van der Waals surface area contributed by atoms with Gasteiger partial charge in [-0.05, 0) is 36.8 Å². The SMILES string of the molecule is CCNC(=NCc1cccc(N(C)C)n1)NCC(c1ccc(F)cc1)N1CCOCC1. The van der Waals surface area contributed by atoms with E-state index in [9.17, 15) is 4.39 Å². The zero-order valence-corrected chi connectivity index (χ0v) is 18.6. The molecule has 1 atom stereocenters. The van der Waals surface area contributed by atoms with Gasteiger partial charge in [0.2, 0.25) is 0 Å². The Morgan fingerprint density at radius 1 is 1.16 bits per heavy atom. The van der Waals surface area contributed by atoms with Crippen LogP contribution in [-0.4, -0.2) is 69.3 Å². The molecule has 1 aromatic carbocycles. The number of anilines is 1. The van der Waals surface area contributed by atoms with Crippen LogP contribution >= 0.6 is 0 Å². The molecule has 0 amide bonds. The lowest BCUT2D eigenvalue weighted by Crippen LogP contribution is -2.46. The van der Waals surface area contributed by atoms with Gasteiger partial charge in [0.05, 0.1) is 31.5 Å². The zero-order chi connectivity index (χ0) is 22.1. The molecule has 3 rings (SSSR count). The number of aromatic nitrogens is 1. The van der Waals surface area contributed by atoms with Gasteiger partial charge in [-0.25, -0.2) is 14.4 Å². The maximum Gasteiger partial charge on any atom is 0.191 e. The lowest BCUT2D eigenvalue weighted by atomic mass is 10.0. The molecule has 0 bridgehead atoms. The quantitative estimate of drug-likeness (QED) is 0.497. The lowest BCUT2D eigenvalue weighted by Gasteiger charge is -2.35. The molecule has 1 aromatic heterocycles. The minimum absolute atomic E-state index is 0.101. The fraction of sp³-hybridized carbons (Fsp3) is 0.478. The molecule has 0 spiro atoms. The monoisotopic (exact) mass is 428 g/mol. The number of guanidine groups is 1. The molecule has 7 nitrogen and oxygen atoms in total. The van der Waals surface area contributed by atoms with Crippen LogP contribution in [-0.2, 0) is 11.3 Å². The van der Waals surface area contributed by atoms with Crippen molar-refractivity contribution in [3.8, 4) is 0 Å². The van der Waals surface area contributed by atoms with Gasteiger partial charge in [0.1, 0.15) is 11.6 Å². The molecule has 0 radical (unpaired) electrons. The topological polar surface area (TPSA) is 65.0 Å². The van der Waals surface area contributed by atoms with E-state index in [1.165, 1.54) is 12.1 Å². The molecule has 8 heteroatoms. The number of nitrogens with one attached hydrogen (secondary N) is 2. The molecule has 1 saturated heterocycles. The van der Waals surface area contributed by atoms with Crippen LogP contribution in [0.5, 0.6) is 0 Å². The van der Waals surface area contributed by atoms with E-state index >= 15 is 0 Å². The van der Waals surface area contributed by atoms with Crippen LogP contribution in [0.25, 0.3) is 0 Å². The van der Waals surface area contributed by atoms with E-state index in [2.05, 4.69) is 20.5 Å². The highest BCUT2D eigenvalue weighted by atomic mass is 19.1. The van der Waals surface area contributed by atoms with Crippen LogP contribution in [0, 0.1) is 5.82 Å². The molecular weight excluding hydrogens is 395 g/mol. The van der Waals surface area contributed by atoms with Gasteiger partial charge in [0.25, 0.3) is 0 Å². The number of morpholine rings is 1. The van der Waals surface area contributed by atoms with Gasteiger partial charge in [-0.15, -0.1) is 0 Å². The highest BCUT2D eigenvalue weighted by Gasteiger charge is 2.23. The highest BCUT2D eigenvalue weighted by Crippen LogP contribution is 2.21. The molecule has 1 fully saturated rings. The number of rotatable bonds is 8. The second-order valence-electron chi connectivity index (χ2n) is 7.67. The molecule has 1 aliphatic heterocycles. The molecule has 31 heavy (non-hydrogen) atoms. The zero-order valence-electron chi connectivity index (χ0n) is 18.6. The second kappa shape index (κ2) is 11.6. The maximum atomic E-state index is 13.5. The van der Waals surface area contributed by atoms with Gasteiger partial charge in [-0.1, -0.05) is 18.2 Å². The molecule has 1 aliphatic rings. The van der Waals surface area contributed by atoms with Crippen LogP contribution in [0.2, 0.25) is 0 Å². The second-order valence-corrected chi connectivity index (χ2v) is 7.67. The summed E-state index contributed by atoms with van der Waals surface area (Å²) >= 11 is 0. The van der Waals surface area contributed by atoms with E-state index in [-0.39, 0.29) is 11.9 Å². The van der Waals surface area contributed by atoms with Crippen molar-refractivity contribution in [2.45, 2.75) is 19.5 Å². The summed E-state index contributed by atoms with van der Waals surface area (Å²) in [6, 6.07) is 12.8. The molecule has 2 aromatic rings. The van der Waals surface area contributed by atoms with Crippen LogP contribution in [0.4, 0.5) is 10.2 Å². The predicted molar refractivity (Wildman–Crippen MR) is 123 cm³/mol. The average molecular weight is 429 g/mol. The highest BCUT2D eigenvalue weighted by molar-refractivity contribution is 5.79. The van der Waals surface area contributed by atoms with Crippen molar-refractivity contribution in [2.75, 3.05) is 58.4 Å². The van der Waals surface area contributed by atoms with E-state index in [1.807, 2.05) is 56.3 Å². The van der Waals surface area contributed by atoms with Gasteiger partial charge in [-0.3, -0.25) is 4.90 Å². The van der Waals surface area contributed by atoms with E-state index in [0.29, 0.717) is 26.3 Å². The van der Waals surface area contributed by atoms with E-state index in [0.717, 1.165) is 42.7 Å². The number of pyridine rings is 1. The van der Waals surface area contributed by atoms with E-state index in [4.69, 9.17) is 9.73 Å². The summed E-state index contributed by atoms with van der Waals surface area (Å²) in [6.07, 6.45) is 0. The Morgan fingerprint density at radius 2 is 1.90 bits per heavy atom. The minimum Gasteiger partial charge on any atom is -0.379 e. The Hall–Kier alpha value is -2.71. The number of ether oxygens (including phenoxy) is 1. The summed E-state index contributed by atoms with van der Waals surface area (Å²) in [6.45, 7) is 7.05. The van der Waals surface area contributed by atoms with E-state index in [1.54, 1.807) is 0 Å². The van der Waals surface area contributed by atoms with Crippen molar-refractivity contribution >= 4 is 11.8 Å². The fourth-order valence-corrected chi connectivity index (χ4v) is 3.53. The first kappa shape index (κ1) is 23.0. The predicted octanol–water partition coefficient (Wildman–Crippen LogP) is 2.42. The molecule has 168 valence electrons. The number of hydrogen-bond donors (Lipinski definition) is 2. The summed E-state index contributed by atoms with van der Waals surface area (Å²) in [5, 5.41) is 6.77. The number of halogens is 1. The first-order valence-electron chi connectivity index (χ1n) is 10.8. The maximum absolute atomic E-state index is 13.5. The number of nitrogens with zero attached hydrogens (tertiary/aromatic N) is 4. The number of hydrogen-bond acceptors (Lipinski definition) is 5. The Labute approximate surface area is 184 Å². The Bertz CT molecular complexity index is 836. The fourth-order valence-electron chi connectivity index (χ4n) is 3.53. The van der Waals surface area contributed by atoms with Gasteiger partial charge >= 0.3 is 0 Å². The largest absolute Gasteiger partial charge is 0.379 e. The summed E-state index contributed by atoms with van der Waals surface area (Å²) in [5.41, 5.74) is 1.98. The summed E-state index contributed by atoms with van der Waals surface area (Å²) < 4.78 is 19.0. The Kier molecular flexibility index (Phi) is 8.61. The van der Waals surface area contributed by atoms with Crippen molar-refractivity contribution in [1.29, 1.82) is 0 Å². The first-order chi connectivity index (χ1) is 15.1. The number of aliphatic imine (C=N–C) groups is 1. The molecule has 2 N–H and O–H groups in total. The van der Waals surface area contributed by atoms with Crippen molar-refractivity contribution in [1.82, 2.24) is 20.5 Å². The van der Waals surface area contributed by atoms with Gasteiger partial charge in [0.15, 0.2) is 5.96 Å². The van der Waals surface area contributed by atoms with Gasteiger partial charge < -0.3 is 20.3 Å². The average Bonchev–Trinajstić information content (AvgIpc) is 2.79. The summed E-state index contributed by atoms with van der Waals surface area (Å²) in [7, 11) is 3.95. The molecule has 0 aliphatic carbocycles. The molecule has 1 unspecified atom stereocenters. The molecule has 0 saturated carbocycles. The Morgan fingerprint density at radius 3 is 2.58 bits per heavy atom. The minimum atomic E-state index is -0.222. The van der Waals surface area contributed by atoms with Gasteiger partial charge in [-0.2, -0.15) is 0 Å². The first-order valence-corrected chi connectivity index (χ1v) is 10.8. The molecule has 2 heterocycles. The van der Waals surface area contributed by atoms with Crippen LogP contribution in [0.3, 0.4) is 0 Å². The standard InChI is InChI=1S/C23H33FN6O/c1-4-25-23(26-16-20-6-5-7-22(28-20)29(2)3)27-17-21(30-12-14-31-15-13-30)18-8-10-19(24)11-9-18/h5-11,21H,4,12-17H2,1-3H3,(H2,25,26,27). The summed E-state index contributed by atoms with van der Waals surface area (Å²) in [5.74, 6) is 1.43. The van der Waals surface area contributed by atoms with Crippen molar-refractivity contribution < 1.29 is 9.13 Å². The van der Waals surface area contributed by atoms with Crippen molar-refractivity contribution in [3.63, 3.8) is 0 Å². The third-order valence-electron chi connectivity index (χ3n) is 5.20. The van der Waals surface area contributed by atoms with E-state index < -0.39 is 0 Å². The van der Waals surface area contributed by atoms with Crippen LogP contribution < -0.4 is 15.5 Å². The third-order valence-corrected chi connectivity index (χ3v) is 5.20. The normalized spacial score (nSPS) is 16.1. The van der Waals surface area contributed by atoms with Gasteiger partial charge in [0, 0.05) is 40.3 Å². The van der Waals surface area contributed by atoms with Crippen molar-refractivity contribution in [3.05, 3.63) is 59.5 Å². The van der Waals surface area contributed by atoms with Crippen LogP contribution in [0.15, 0.2) is 47.5 Å². The Balaban J connectivity index is 1.71. The number of benzene rings is 1.